The lowest BCUT2D eigenvalue weighted by molar-refractivity contribution is 0.561. The summed E-state index contributed by atoms with van der Waals surface area (Å²) < 4.78 is 33.8. The van der Waals surface area contributed by atoms with E-state index in [4.69, 9.17) is 4.42 Å². The Morgan fingerprint density at radius 2 is 1.96 bits per heavy atom. The minimum Gasteiger partial charge on any atom is -0.441 e. The lowest BCUT2D eigenvalue weighted by Gasteiger charge is -2.04. The van der Waals surface area contributed by atoms with Crippen LogP contribution in [0.5, 0.6) is 0 Å². The third-order valence-electron chi connectivity index (χ3n) is 3.47. The molecule has 4 rings (SSSR count). The molecule has 3 aromatic heterocycles. The predicted molar refractivity (Wildman–Crippen MR) is 79.1 cm³/mol. The van der Waals surface area contributed by atoms with Crippen LogP contribution in [0.3, 0.4) is 0 Å². The van der Waals surface area contributed by atoms with Crippen LogP contribution in [0, 0.1) is 18.6 Å². The summed E-state index contributed by atoms with van der Waals surface area (Å²) in [4.78, 5) is 20.3. The number of benzene rings is 1. The molecule has 0 radical (unpaired) electrons. The molecule has 0 aliphatic carbocycles. The number of pyridine rings is 1. The van der Waals surface area contributed by atoms with E-state index in [0.29, 0.717) is 11.5 Å². The number of nitrogens with zero attached hydrogens (tertiary/aromatic N) is 3. The van der Waals surface area contributed by atoms with Gasteiger partial charge in [-0.25, -0.2) is 18.7 Å². The third kappa shape index (κ3) is 2.17. The van der Waals surface area contributed by atoms with Gasteiger partial charge in [-0.15, -0.1) is 0 Å². The number of fused-ring (bicyclic) bond motifs is 2. The van der Waals surface area contributed by atoms with Gasteiger partial charge in [-0.1, -0.05) is 0 Å². The van der Waals surface area contributed by atoms with Crippen molar-refractivity contribution in [2.24, 2.45) is 0 Å². The van der Waals surface area contributed by atoms with E-state index < -0.39 is 17.2 Å². The molecular weight excluding hydrogens is 304 g/mol. The number of hydrogen-bond donors (Lipinski definition) is 0. The van der Waals surface area contributed by atoms with Crippen molar-refractivity contribution in [2.75, 3.05) is 0 Å². The smallest absolute Gasteiger partial charge is 0.258 e. The van der Waals surface area contributed by atoms with E-state index in [1.807, 2.05) is 0 Å². The molecule has 7 heteroatoms. The molecule has 0 spiro atoms. The Kier molecular flexibility index (Phi) is 2.77. The van der Waals surface area contributed by atoms with Crippen molar-refractivity contribution in [1.29, 1.82) is 0 Å². The molecule has 1 aromatic carbocycles. The van der Waals surface area contributed by atoms with Crippen molar-refractivity contribution < 1.29 is 13.2 Å². The largest absolute Gasteiger partial charge is 0.441 e. The van der Waals surface area contributed by atoms with E-state index in [9.17, 15) is 13.6 Å². The molecule has 23 heavy (non-hydrogen) atoms. The number of rotatable bonds is 1. The molecule has 4 aromatic rings. The summed E-state index contributed by atoms with van der Waals surface area (Å²) in [6, 6.07) is 6.62. The van der Waals surface area contributed by atoms with E-state index in [1.165, 1.54) is 24.3 Å². The molecule has 0 saturated carbocycles. The highest BCUT2D eigenvalue weighted by Crippen LogP contribution is 2.26. The van der Waals surface area contributed by atoms with Gasteiger partial charge in [0.2, 0.25) is 0 Å². The maximum Gasteiger partial charge on any atom is 0.258 e. The van der Waals surface area contributed by atoms with E-state index in [1.54, 1.807) is 13.0 Å². The normalized spacial score (nSPS) is 11.4. The van der Waals surface area contributed by atoms with Gasteiger partial charge in [-0.05, 0) is 24.3 Å². The average molecular weight is 313 g/mol. The van der Waals surface area contributed by atoms with Gasteiger partial charge in [0.25, 0.3) is 5.56 Å². The first kappa shape index (κ1) is 13.6. The van der Waals surface area contributed by atoms with Gasteiger partial charge < -0.3 is 4.42 Å². The van der Waals surface area contributed by atoms with Gasteiger partial charge in [0.15, 0.2) is 17.3 Å². The fourth-order valence-corrected chi connectivity index (χ4v) is 2.47. The van der Waals surface area contributed by atoms with Crippen LogP contribution in [0.2, 0.25) is 0 Å². The second kappa shape index (κ2) is 4.70. The highest BCUT2D eigenvalue weighted by Gasteiger charge is 2.13. The van der Waals surface area contributed by atoms with Crippen molar-refractivity contribution in [3.05, 3.63) is 64.4 Å². The van der Waals surface area contributed by atoms with Crippen molar-refractivity contribution in [3.8, 4) is 11.3 Å². The van der Waals surface area contributed by atoms with Gasteiger partial charge in [0.05, 0.1) is 5.69 Å². The maximum absolute atomic E-state index is 14.1. The Morgan fingerprint density at radius 3 is 2.78 bits per heavy atom. The topological polar surface area (TPSA) is 60.4 Å². The van der Waals surface area contributed by atoms with Gasteiger partial charge in [-0.2, -0.15) is 0 Å². The second-order valence-electron chi connectivity index (χ2n) is 5.09. The highest BCUT2D eigenvalue weighted by molar-refractivity contribution is 5.80. The van der Waals surface area contributed by atoms with Gasteiger partial charge >= 0.3 is 0 Å². The molecule has 0 atom stereocenters. The monoisotopic (exact) mass is 313 g/mol. The second-order valence-corrected chi connectivity index (χ2v) is 5.09. The molecule has 114 valence electrons. The van der Waals surface area contributed by atoms with Crippen LogP contribution in [0.1, 0.15) is 5.89 Å². The minimum absolute atomic E-state index is 0.130. The summed E-state index contributed by atoms with van der Waals surface area (Å²) in [7, 11) is 0. The molecule has 0 amide bonds. The molecule has 0 aliphatic heterocycles. The Labute approximate surface area is 127 Å². The number of halogens is 2. The fourth-order valence-electron chi connectivity index (χ4n) is 2.47. The zero-order valence-electron chi connectivity index (χ0n) is 11.9. The minimum atomic E-state index is -0.560. The average Bonchev–Trinajstić information content (AvgIpc) is 2.89. The fraction of sp³-hybridized carbons (Fsp3) is 0.0625. The summed E-state index contributed by atoms with van der Waals surface area (Å²) >= 11 is 0. The predicted octanol–water partition coefficient (Wildman–Crippen LogP) is 3.09. The van der Waals surface area contributed by atoms with Crippen molar-refractivity contribution in [2.45, 2.75) is 6.92 Å². The Balaban J connectivity index is 1.98. The number of aryl methyl sites for hydroxylation is 1. The van der Waals surface area contributed by atoms with E-state index in [2.05, 4.69) is 9.97 Å². The van der Waals surface area contributed by atoms with Crippen molar-refractivity contribution in [1.82, 2.24) is 14.4 Å². The molecule has 0 fully saturated rings. The first-order valence-corrected chi connectivity index (χ1v) is 6.77. The zero-order valence-corrected chi connectivity index (χ0v) is 11.9. The molecule has 0 unspecified atom stereocenters. The molecular formula is C16H9F2N3O2. The summed E-state index contributed by atoms with van der Waals surface area (Å²) in [6.07, 6.45) is 1.05. The lowest BCUT2D eigenvalue weighted by Crippen LogP contribution is -2.14. The summed E-state index contributed by atoms with van der Waals surface area (Å²) in [6.45, 7) is 1.62. The van der Waals surface area contributed by atoms with Crippen LogP contribution in [0.25, 0.3) is 28.0 Å². The number of oxazole rings is 1. The van der Waals surface area contributed by atoms with Gasteiger partial charge in [0.1, 0.15) is 17.0 Å². The van der Waals surface area contributed by atoms with Crippen LogP contribution >= 0.6 is 0 Å². The molecule has 0 saturated heterocycles. The van der Waals surface area contributed by atoms with E-state index >= 15 is 0 Å². The third-order valence-corrected chi connectivity index (χ3v) is 3.47. The van der Waals surface area contributed by atoms with Crippen LogP contribution in [-0.2, 0) is 0 Å². The summed E-state index contributed by atoms with van der Waals surface area (Å²) in [5, 5.41) is 0. The van der Waals surface area contributed by atoms with Crippen LogP contribution in [0.15, 0.2) is 45.7 Å². The molecule has 0 N–H and O–H groups in total. The summed E-state index contributed by atoms with van der Waals surface area (Å²) in [5.41, 5.74) is 0.873. The Morgan fingerprint density at radius 1 is 1.13 bits per heavy atom. The quantitative estimate of drug-likeness (QED) is 0.542. The van der Waals surface area contributed by atoms with Gasteiger partial charge in [-0.3, -0.25) is 9.20 Å². The number of hydrogen-bond acceptors (Lipinski definition) is 4. The van der Waals surface area contributed by atoms with Crippen LogP contribution < -0.4 is 5.56 Å². The molecule has 5 nitrogen and oxygen atoms in total. The summed E-state index contributed by atoms with van der Waals surface area (Å²) in [5.74, 6) is -0.757. The lowest BCUT2D eigenvalue weighted by atomic mass is 10.1. The Hall–Kier alpha value is -3.09. The molecule has 3 heterocycles. The van der Waals surface area contributed by atoms with Crippen LogP contribution in [0.4, 0.5) is 8.78 Å². The SMILES string of the molecule is Cc1nc2c(F)cc(-c3cc(=O)n4cc(F)ccc4n3)cc2o1. The number of aromatic nitrogens is 3. The van der Waals surface area contributed by atoms with Gasteiger partial charge in [0, 0.05) is 24.8 Å². The van der Waals surface area contributed by atoms with Crippen LogP contribution in [-0.4, -0.2) is 14.4 Å². The standard InChI is InChI=1S/C16H9F2N3O2/c1-8-19-16-11(18)4-9(5-13(16)23-8)12-6-15(22)21-7-10(17)2-3-14(21)20-12/h2-7H,1H3. The van der Waals surface area contributed by atoms with E-state index in [-0.39, 0.29) is 22.4 Å². The first-order valence-electron chi connectivity index (χ1n) is 6.77. The zero-order chi connectivity index (χ0) is 16.1. The van der Waals surface area contributed by atoms with Crippen molar-refractivity contribution in [3.63, 3.8) is 0 Å². The van der Waals surface area contributed by atoms with Crippen molar-refractivity contribution >= 4 is 16.7 Å². The first-order chi connectivity index (χ1) is 11.0. The maximum atomic E-state index is 14.1. The van der Waals surface area contributed by atoms with E-state index in [0.717, 1.165) is 10.6 Å². The Bertz CT molecular complexity index is 1130. The highest BCUT2D eigenvalue weighted by atomic mass is 19.1. The molecule has 0 aliphatic rings. The molecule has 0 bridgehead atoms.